The van der Waals surface area contributed by atoms with Crippen LogP contribution in [0.5, 0.6) is 0 Å². The van der Waals surface area contributed by atoms with Crippen molar-refractivity contribution in [1.82, 2.24) is 13.6 Å². The Morgan fingerprint density at radius 1 is 0.737 bits per heavy atom. The van der Waals surface area contributed by atoms with Gasteiger partial charge in [-0.25, -0.2) is 0 Å². The monoisotopic (exact) mass is 353 g/mol. The molecule has 19 heavy (non-hydrogen) atoms. The van der Waals surface area contributed by atoms with Crippen molar-refractivity contribution in [3.05, 3.63) is 0 Å². The van der Waals surface area contributed by atoms with Crippen molar-refractivity contribution < 1.29 is 18.2 Å². The van der Waals surface area contributed by atoms with Crippen molar-refractivity contribution in [3.8, 4) is 0 Å². The van der Waals surface area contributed by atoms with Crippen molar-refractivity contribution >= 4 is 0 Å². The average molecular weight is 353 g/mol. The fourth-order valence-electron chi connectivity index (χ4n) is 3.14. The first kappa shape index (κ1) is 19.6. The summed E-state index contributed by atoms with van der Waals surface area (Å²) in [5.74, 6) is 0. The summed E-state index contributed by atoms with van der Waals surface area (Å²) < 4.78 is 11.3. The minimum absolute atomic E-state index is 0.128. The van der Waals surface area contributed by atoms with Crippen LogP contribution in [0.3, 0.4) is 0 Å². The molecule has 0 atom stereocenters. The number of rotatable bonds is 6. The summed E-state index contributed by atoms with van der Waals surface area (Å²) >= 11 is -2.77. The molecule has 0 rings (SSSR count). The normalized spacial score (nSPS) is 14.8. The summed E-state index contributed by atoms with van der Waals surface area (Å²) in [5.41, 5.74) is 0.458. The quantitative estimate of drug-likeness (QED) is 0.740. The third-order valence-electron chi connectivity index (χ3n) is 3.10. The third-order valence-corrected chi connectivity index (χ3v) is 13.5. The van der Waals surface area contributed by atoms with E-state index in [9.17, 15) is 0 Å². The van der Waals surface area contributed by atoms with Gasteiger partial charge >= 0.3 is 126 Å². The second kappa shape index (κ2) is 6.56. The van der Waals surface area contributed by atoms with Crippen LogP contribution in [0.2, 0.25) is 0 Å². The maximum atomic E-state index is 4.04. The Morgan fingerprint density at radius 3 is 1.26 bits per heavy atom. The molecule has 0 aromatic carbocycles. The molecule has 0 aliphatic rings. The molecule has 0 saturated carbocycles. The Hall–Kier alpha value is 0.580. The van der Waals surface area contributed by atoms with Crippen LogP contribution >= 0.6 is 0 Å². The van der Waals surface area contributed by atoms with Crippen LogP contribution in [-0.2, 0) is 18.2 Å². The summed E-state index contributed by atoms with van der Waals surface area (Å²) in [6.45, 7) is 11.6. The molecular formula is C14H36N4Nb. The van der Waals surface area contributed by atoms with Gasteiger partial charge in [0.1, 0.15) is 0 Å². The number of nitrogens with zero attached hydrogens (tertiary/aromatic N) is 3. The second-order valence-corrected chi connectivity index (χ2v) is 17.1. The summed E-state index contributed by atoms with van der Waals surface area (Å²) in [5, 5.41) is 0. The van der Waals surface area contributed by atoms with Crippen molar-refractivity contribution in [2.24, 2.45) is 5.41 Å². The molecular weight excluding hydrogens is 317 g/mol. The SMILES string of the molecule is C[N](C)[Nb]([NH]C(C)(C)CC(C)(C)C)([N](C)C)[N](C)C. The van der Waals surface area contributed by atoms with Gasteiger partial charge in [0.2, 0.25) is 0 Å². The van der Waals surface area contributed by atoms with Gasteiger partial charge < -0.3 is 0 Å². The van der Waals surface area contributed by atoms with Gasteiger partial charge in [0, 0.05) is 0 Å². The Bertz CT molecular complexity index is 258. The van der Waals surface area contributed by atoms with Crippen molar-refractivity contribution in [3.63, 3.8) is 0 Å². The first-order valence-corrected chi connectivity index (χ1v) is 11.0. The molecule has 117 valence electrons. The van der Waals surface area contributed by atoms with Crippen LogP contribution < -0.4 is 3.72 Å². The average Bonchev–Trinajstić information content (AvgIpc) is 2.08. The summed E-state index contributed by atoms with van der Waals surface area (Å²) in [6, 6.07) is 0. The molecule has 0 heterocycles. The van der Waals surface area contributed by atoms with Gasteiger partial charge in [-0.1, -0.05) is 0 Å². The van der Waals surface area contributed by atoms with Gasteiger partial charge in [-0.3, -0.25) is 0 Å². The van der Waals surface area contributed by atoms with E-state index in [-0.39, 0.29) is 5.54 Å². The Labute approximate surface area is 126 Å². The number of nitrogens with one attached hydrogen (secondary N) is 1. The van der Waals surface area contributed by atoms with E-state index in [1.807, 2.05) is 0 Å². The van der Waals surface area contributed by atoms with Crippen LogP contribution in [0.1, 0.15) is 41.0 Å². The van der Waals surface area contributed by atoms with Gasteiger partial charge in [0.15, 0.2) is 0 Å². The van der Waals surface area contributed by atoms with Crippen LogP contribution in [0.4, 0.5) is 0 Å². The Kier molecular flexibility index (Phi) is 6.76. The summed E-state index contributed by atoms with van der Waals surface area (Å²) in [4.78, 5) is 0. The van der Waals surface area contributed by atoms with Crippen LogP contribution in [0, 0.1) is 5.41 Å². The molecule has 0 bridgehead atoms. The molecule has 0 aliphatic heterocycles. The van der Waals surface area contributed by atoms with E-state index in [4.69, 9.17) is 0 Å². The molecule has 0 aliphatic carbocycles. The van der Waals surface area contributed by atoms with Gasteiger partial charge in [-0.2, -0.15) is 0 Å². The van der Waals surface area contributed by atoms with Crippen LogP contribution in [0.15, 0.2) is 0 Å². The molecule has 4 nitrogen and oxygen atoms in total. The molecule has 0 spiro atoms. The topological polar surface area (TPSA) is 21.8 Å². The van der Waals surface area contributed by atoms with E-state index in [1.165, 1.54) is 0 Å². The standard InChI is InChI=1S/C8H18N.3C2H6N.Nb/c1-7(2,3)6-8(4,5)9;3*1-3-2;/h9H,6H2,1-5H3;3*1-2H3;/q4*-1;+4. The zero-order valence-corrected chi connectivity index (χ0v) is 17.2. The Morgan fingerprint density at radius 2 is 1.05 bits per heavy atom. The molecule has 0 saturated heterocycles. The molecule has 0 aromatic heterocycles. The zero-order chi connectivity index (χ0) is 15.6. The second-order valence-electron chi connectivity index (χ2n) is 7.84. The zero-order valence-electron chi connectivity index (χ0n) is 15.0. The maximum absolute atomic E-state index is 4.04. The molecule has 0 fully saturated rings. The molecule has 0 aromatic rings. The fourth-order valence-corrected chi connectivity index (χ4v) is 12.1. The fraction of sp³-hybridized carbons (Fsp3) is 1.00. The van der Waals surface area contributed by atoms with Gasteiger partial charge in [0.25, 0.3) is 0 Å². The summed E-state index contributed by atoms with van der Waals surface area (Å²) in [7, 11) is 13.2. The van der Waals surface area contributed by atoms with Gasteiger partial charge in [0.05, 0.1) is 0 Å². The third kappa shape index (κ3) is 5.46. The van der Waals surface area contributed by atoms with E-state index in [0.717, 1.165) is 6.42 Å². The predicted molar refractivity (Wildman–Crippen MR) is 82.3 cm³/mol. The minimum atomic E-state index is -2.77. The molecule has 1 N–H and O–H groups in total. The van der Waals surface area contributed by atoms with E-state index >= 15 is 0 Å². The molecule has 0 amide bonds. The Balaban J connectivity index is 5.33. The van der Waals surface area contributed by atoms with E-state index in [2.05, 4.69) is 90.5 Å². The van der Waals surface area contributed by atoms with Crippen LogP contribution in [0.25, 0.3) is 0 Å². The molecule has 0 radical (unpaired) electrons. The predicted octanol–water partition coefficient (Wildman–Crippen LogP) is 2.29. The van der Waals surface area contributed by atoms with E-state index < -0.39 is 18.2 Å². The van der Waals surface area contributed by atoms with E-state index in [1.54, 1.807) is 0 Å². The molecule has 5 heteroatoms. The van der Waals surface area contributed by atoms with Gasteiger partial charge in [-0.15, -0.1) is 0 Å². The van der Waals surface area contributed by atoms with Crippen LogP contribution in [-0.4, -0.2) is 57.7 Å². The van der Waals surface area contributed by atoms with Crippen molar-refractivity contribution in [1.29, 1.82) is 0 Å². The first-order chi connectivity index (χ1) is 8.24. The summed E-state index contributed by atoms with van der Waals surface area (Å²) in [6.07, 6.45) is 1.16. The molecule has 0 unspecified atom stereocenters. The van der Waals surface area contributed by atoms with Gasteiger partial charge in [-0.05, 0) is 0 Å². The number of hydrogen-bond donors (Lipinski definition) is 1. The number of hydrogen-bond acceptors (Lipinski definition) is 4. The van der Waals surface area contributed by atoms with Crippen molar-refractivity contribution in [2.45, 2.75) is 46.6 Å². The first-order valence-electron chi connectivity index (χ1n) is 6.96. The van der Waals surface area contributed by atoms with E-state index in [0.29, 0.717) is 5.41 Å². The van der Waals surface area contributed by atoms with Crippen molar-refractivity contribution in [2.75, 3.05) is 42.3 Å².